The lowest BCUT2D eigenvalue weighted by Crippen LogP contribution is -2.37. The van der Waals surface area contributed by atoms with E-state index in [4.69, 9.17) is 0 Å². The third-order valence-electron chi connectivity index (χ3n) is 7.87. The predicted octanol–water partition coefficient (Wildman–Crippen LogP) is 6.54. The maximum atomic E-state index is 11.5. The Labute approximate surface area is 223 Å². The zero-order chi connectivity index (χ0) is 26.6. The first-order valence-corrected chi connectivity index (χ1v) is 13.3. The molecule has 0 radical (unpaired) electrons. The summed E-state index contributed by atoms with van der Waals surface area (Å²) < 4.78 is 0. The van der Waals surface area contributed by atoms with E-state index in [2.05, 4.69) is 30.4 Å². The van der Waals surface area contributed by atoms with Crippen LogP contribution in [0.25, 0.3) is 17.4 Å². The van der Waals surface area contributed by atoms with E-state index < -0.39 is 0 Å². The molecule has 0 amide bonds. The molecule has 4 N–H and O–H groups in total. The lowest BCUT2D eigenvalue weighted by atomic mass is 9.72. The normalized spacial score (nSPS) is 24.9. The van der Waals surface area contributed by atoms with Crippen molar-refractivity contribution in [1.82, 2.24) is 0 Å². The third-order valence-corrected chi connectivity index (χ3v) is 7.87. The second kappa shape index (κ2) is 11.1. The number of allylic oxidation sites excluding steroid dienone is 11. The smallest absolute Gasteiger partial charge is 0.123 e. The quantitative estimate of drug-likeness (QED) is 0.335. The molecule has 0 spiro atoms. The number of phenolic OH excluding ortho intramolecular Hbond substituents is 1. The number of hydrogen-bond donors (Lipinski definition) is 4. The van der Waals surface area contributed by atoms with Crippen molar-refractivity contribution in [3.05, 3.63) is 130 Å². The van der Waals surface area contributed by atoms with Gasteiger partial charge in [-0.25, -0.2) is 0 Å². The van der Waals surface area contributed by atoms with Gasteiger partial charge < -0.3 is 20.4 Å². The zero-order valence-corrected chi connectivity index (χ0v) is 21.5. The molecule has 38 heavy (non-hydrogen) atoms. The van der Waals surface area contributed by atoms with Gasteiger partial charge >= 0.3 is 0 Å². The molecule has 0 bridgehead atoms. The minimum atomic E-state index is -0.349. The van der Waals surface area contributed by atoms with Crippen LogP contribution in [0.1, 0.15) is 31.7 Å². The fraction of sp³-hybridized carbons (Fsp3) is 0.235. The van der Waals surface area contributed by atoms with Gasteiger partial charge in [0, 0.05) is 28.2 Å². The van der Waals surface area contributed by atoms with Crippen molar-refractivity contribution in [3.63, 3.8) is 0 Å². The Balaban J connectivity index is 1.47. The van der Waals surface area contributed by atoms with Gasteiger partial charge in [0.05, 0.1) is 5.76 Å². The van der Waals surface area contributed by atoms with Crippen LogP contribution in [-0.4, -0.2) is 20.4 Å². The van der Waals surface area contributed by atoms with Gasteiger partial charge in [-0.15, -0.1) is 0 Å². The van der Waals surface area contributed by atoms with Crippen LogP contribution in [0.3, 0.4) is 0 Å². The van der Waals surface area contributed by atoms with Gasteiger partial charge in [0.15, 0.2) is 0 Å². The minimum Gasteiger partial charge on any atom is -0.512 e. The maximum absolute atomic E-state index is 11.5. The van der Waals surface area contributed by atoms with Gasteiger partial charge in [0.25, 0.3) is 0 Å². The van der Waals surface area contributed by atoms with Gasteiger partial charge in [-0.3, -0.25) is 0 Å². The number of hydrogen-bond acceptors (Lipinski definition) is 4. The summed E-state index contributed by atoms with van der Waals surface area (Å²) in [4.78, 5) is 0. The molecule has 2 aromatic carbocycles. The Kier molecular flexibility index (Phi) is 7.41. The van der Waals surface area contributed by atoms with Crippen molar-refractivity contribution in [2.45, 2.75) is 26.2 Å². The first-order valence-electron chi connectivity index (χ1n) is 13.3. The Morgan fingerprint density at radius 1 is 0.974 bits per heavy atom. The van der Waals surface area contributed by atoms with E-state index in [0.29, 0.717) is 23.3 Å². The summed E-state index contributed by atoms with van der Waals surface area (Å²) >= 11 is 0. The number of aliphatic hydroxyl groups excluding tert-OH is 3. The van der Waals surface area contributed by atoms with Crippen molar-refractivity contribution in [1.29, 1.82) is 0 Å². The van der Waals surface area contributed by atoms with Crippen LogP contribution in [-0.2, 0) is 0 Å². The number of fused-ring (bicyclic) bond motifs is 1. The molecule has 0 aliphatic heterocycles. The molecule has 5 rings (SSSR count). The highest BCUT2D eigenvalue weighted by molar-refractivity contribution is 5.75. The Bertz CT molecular complexity index is 1500. The zero-order valence-electron chi connectivity index (χ0n) is 21.5. The molecule has 0 heterocycles. The first kappa shape index (κ1) is 25.5. The van der Waals surface area contributed by atoms with Crippen LogP contribution >= 0.6 is 0 Å². The molecule has 194 valence electrons. The molecule has 3 aliphatic rings. The molecule has 4 atom stereocenters. The highest BCUT2D eigenvalue weighted by Gasteiger charge is 2.35. The van der Waals surface area contributed by atoms with Crippen LogP contribution in [0, 0.1) is 23.7 Å². The van der Waals surface area contributed by atoms with Gasteiger partial charge in [-0.2, -0.15) is 0 Å². The number of benzene rings is 2. The molecule has 0 aromatic heterocycles. The second-order valence-electron chi connectivity index (χ2n) is 10.2. The Hall–Kier alpha value is -4.18. The highest BCUT2D eigenvalue weighted by atomic mass is 16.3. The number of aromatic hydroxyl groups is 1. The fourth-order valence-corrected chi connectivity index (χ4v) is 5.82. The number of phenols is 1. The van der Waals surface area contributed by atoms with E-state index in [1.165, 1.54) is 0 Å². The number of aliphatic hydroxyl groups is 3. The van der Waals surface area contributed by atoms with E-state index in [0.717, 1.165) is 23.1 Å². The number of rotatable bonds is 6. The molecular formula is C34H34O4. The van der Waals surface area contributed by atoms with E-state index in [9.17, 15) is 20.4 Å². The lowest BCUT2D eigenvalue weighted by molar-refractivity contribution is 0.223. The summed E-state index contributed by atoms with van der Waals surface area (Å²) in [5.41, 5.74) is 3.14. The van der Waals surface area contributed by atoms with Crippen LogP contribution < -0.4 is 10.4 Å². The molecule has 4 nitrogen and oxygen atoms in total. The summed E-state index contributed by atoms with van der Waals surface area (Å²) in [6, 6.07) is 15.4. The fourth-order valence-electron chi connectivity index (χ4n) is 5.82. The Morgan fingerprint density at radius 2 is 1.79 bits per heavy atom. The van der Waals surface area contributed by atoms with Crippen molar-refractivity contribution in [3.8, 4) is 5.75 Å². The molecule has 2 aromatic rings. The summed E-state index contributed by atoms with van der Waals surface area (Å²) in [5.74, 6) is 0.217. The topological polar surface area (TPSA) is 80.9 Å². The van der Waals surface area contributed by atoms with Gasteiger partial charge in [0.2, 0.25) is 0 Å². The van der Waals surface area contributed by atoms with E-state index >= 15 is 0 Å². The molecular weight excluding hydrogens is 472 g/mol. The van der Waals surface area contributed by atoms with Gasteiger partial charge in [-0.05, 0) is 60.1 Å². The molecule has 0 fully saturated rings. The van der Waals surface area contributed by atoms with E-state index in [-0.39, 0.29) is 46.7 Å². The van der Waals surface area contributed by atoms with Crippen LogP contribution in [0.2, 0.25) is 0 Å². The third kappa shape index (κ3) is 5.12. The van der Waals surface area contributed by atoms with E-state index in [1.54, 1.807) is 24.3 Å². The minimum absolute atomic E-state index is 0.0180. The first-order chi connectivity index (χ1) is 18.4. The summed E-state index contributed by atoms with van der Waals surface area (Å²) in [6.07, 6.45) is 19.4. The molecule has 0 saturated carbocycles. The SMILES string of the molecule is CC1C=CC=C(O)/C1=C/C/C=C(/O)C(C1C=CC(c2ccccc2)=CC1)C1CC=c2c(O)cccc2=C1O. The summed E-state index contributed by atoms with van der Waals surface area (Å²) in [7, 11) is 0. The van der Waals surface area contributed by atoms with Crippen molar-refractivity contribution < 1.29 is 20.4 Å². The van der Waals surface area contributed by atoms with Crippen molar-refractivity contribution >= 4 is 17.4 Å². The predicted molar refractivity (Wildman–Crippen MR) is 154 cm³/mol. The molecule has 4 heteroatoms. The maximum Gasteiger partial charge on any atom is 0.123 e. The van der Waals surface area contributed by atoms with Crippen LogP contribution in [0.4, 0.5) is 0 Å². The molecule has 0 saturated heterocycles. The summed E-state index contributed by atoms with van der Waals surface area (Å²) in [5, 5.41) is 44.7. The summed E-state index contributed by atoms with van der Waals surface area (Å²) in [6.45, 7) is 2.03. The Morgan fingerprint density at radius 3 is 2.53 bits per heavy atom. The van der Waals surface area contributed by atoms with Gasteiger partial charge in [-0.1, -0.05) is 91.9 Å². The molecule has 3 aliphatic carbocycles. The second-order valence-corrected chi connectivity index (χ2v) is 10.2. The largest absolute Gasteiger partial charge is 0.512 e. The van der Waals surface area contributed by atoms with Crippen molar-refractivity contribution in [2.24, 2.45) is 23.7 Å². The van der Waals surface area contributed by atoms with E-state index in [1.807, 2.05) is 55.5 Å². The average molecular weight is 507 g/mol. The monoisotopic (exact) mass is 506 g/mol. The average Bonchev–Trinajstić information content (AvgIpc) is 2.93. The van der Waals surface area contributed by atoms with Gasteiger partial charge in [0.1, 0.15) is 17.3 Å². The highest BCUT2D eigenvalue weighted by Crippen LogP contribution is 2.40. The standard InChI is InChI=1S/C34H34O4/c1-22-8-5-13-30(35)26(22)11-6-15-32(37)33(25-18-16-24(17-19-25)23-9-3-2-4-10-23)29-21-20-27-28(34(29)38)12-7-14-31(27)36/h2-5,7-18,20,22,25,29,33,35-38H,6,19,21H2,1H3/b26-11+,32-15+. The van der Waals surface area contributed by atoms with Crippen LogP contribution in [0.5, 0.6) is 5.75 Å². The van der Waals surface area contributed by atoms with Crippen LogP contribution in [0.15, 0.2) is 114 Å². The molecule has 4 unspecified atom stereocenters. The lowest BCUT2D eigenvalue weighted by Gasteiger charge is -2.33. The van der Waals surface area contributed by atoms with Crippen molar-refractivity contribution in [2.75, 3.05) is 0 Å².